The van der Waals surface area contributed by atoms with E-state index >= 15 is 0 Å². The van der Waals surface area contributed by atoms with Gasteiger partial charge in [0.1, 0.15) is 5.76 Å². The fraction of sp³-hybridized carbons (Fsp3) is 0.667. The number of aliphatic hydroxyl groups is 1. The van der Waals surface area contributed by atoms with Gasteiger partial charge in [-0.05, 0) is 12.1 Å². The van der Waals surface area contributed by atoms with Crippen LogP contribution in [-0.4, -0.2) is 60.3 Å². The Bertz CT molecular complexity index is 308. The SMILES string of the molecule is NCC(O)CN1CCN(Cc2ccco2)CC1. The number of aliphatic hydroxyl groups excluding tert-OH is 1. The van der Waals surface area contributed by atoms with Crippen LogP contribution in [-0.2, 0) is 6.54 Å². The molecule has 0 saturated carbocycles. The lowest BCUT2D eigenvalue weighted by Gasteiger charge is -2.35. The molecule has 1 aromatic rings. The monoisotopic (exact) mass is 239 g/mol. The van der Waals surface area contributed by atoms with Crippen LogP contribution < -0.4 is 5.73 Å². The lowest BCUT2D eigenvalue weighted by atomic mass is 10.2. The number of nitrogens with zero attached hydrogens (tertiary/aromatic N) is 2. The zero-order chi connectivity index (χ0) is 12.1. The summed E-state index contributed by atoms with van der Waals surface area (Å²) in [7, 11) is 0. The zero-order valence-electron chi connectivity index (χ0n) is 10.1. The zero-order valence-corrected chi connectivity index (χ0v) is 10.1. The minimum Gasteiger partial charge on any atom is -0.468 e. The lowest BCUT2D eigenvalue weighted by Crippen LogP contribution is -2.49. The molecule has 0 aromatic carbocycles. The molecule has 1 aliphatic rings. The van der Waals surface area contributed by atoms with Crippen molar-refractivity contribution in [2.75, 3.05) is 39.3 Å². The van der Waals surface area contributed by atoms with Gasteiger partial charge < -0.3 is 15.3 Å². The Morgan fingerprint density at radius 2 is 2.00 bits per heavy atom. The van der Waals surface area contributed by atoms with Gasteiger partial charge in [0, 0.05) is 39.3 Å². The second-order valence-electron chi connectivity index (χ2n) is 4.55. The van der Waals surface area contributed by atoms with Gasteiger partial charge in [0.15, 0.2) is 0 Å². The molecule has 0 aliphatic carbocycles. The summed E-state index contributed by atoms with van der Waals surface area (Å²) in [4.78, 5) is 4.63. The van der Waals surface area contributed by atoms with Gasteiger partial charge >= 0.3 is 0 Å². The van der Waals surface area contributed by atoms with E-state index in [1.54, 1.807) is 6.26 Å². The number of hydrogen-bond donors (Lipinski definition) is 2. The number of nitrogens with two attached hydrogens (primary N) is 1. The first-order valence-electron chi connectivity index (χ1n) is 6.13. The van der Waals surface area contributed by atoms with Crippen molar-refractivity contribution in [1.29, 1.82) is 0 Å². The molecule has 1 aliphatic heterocycles. The molecule has 0 spiro atoms. The van der Waals surface area contributed by atoms with Gasteiger partial charge in [-0.1, -0.05) is 0 Å². The lowest BCUT2D eigenvalue weighted by molar-refractivity contribution is 0.0715. The standard InChI is InChI=1S/C12H21N3O2/c13-8-11(16)9-14-3-5-15(6-4-14)10-12-2-1-7-17-12/h1-2,7,11,16H,3-6,8-10,13H2. The van der Waals surface area contributed by atoms with Crippen LogP contribution in [0.3, 0.4) is 0 Å². The largest absolute Gasteiger partial charge is 0.468 e. The summed E-state index contributed by atoms with van der Waals surface area (Å²) in [6.07, 6.45) is 1.31. The molecule has 0 radical (unpaired) electrons. The van der Waals surface area contributed by atoms with Crippen LogP contribution in [0.2, 0.25) is 0 Å². The summed E-state index contributed by atoms with van der Waals surface area (Å²) in [6.45, 7) is 5.89. The molecular formula is C12H21N3O2. The molecule has 1 fully saturated rings. The highest BCUT2D eigenvalue weighted by atomic mass is 16.3. The Morgan fingerprint density at radius 3 is 2.59 bits per heavy atom. The first-order valence-corrected chi connectivity index (χ1v) is 6.13. The third-order valence-electron chi connectivity index (χ3n) is 3.17. The number of β-amino-alcohol motifs (C(OH)–C–C–N with tert-alkyl or cyclic N) is 1. The maximum atomic E-state index is 9.49. The van der Waals surface area contributed by atoms with Crippen molar-refractivity contribution >= 4 is 0 Å². The molecule has 0 bridgehead atoms. The molecule has 2 heterocycles. The first-order chi connectivity index (χ1) is 8.28. The average molecular weight is 239 g/mol. The normalized spacial score (nSPS) is 20.6. The minimum absolute atomic E-state index is 0.340. The molecule has 2 rings (SSSR count). The minimum atomic E-state index is -0.397. The summed E-state index contributed by atoms with van der Waals surface area (Å²) >= 11 is 0. The van der Waals surface area contributed by atoms with Gasteiger partial charge in [-0.2, -0.15) is 0 Å². The van der Waals surface area contributed by atoms with E-state index < -0.39 is 6.10 Å². The fourth-order valence-electron chi connectivity index (χ4n) is 2.13. The van der Waals surface area contributed by atoms with E-state index in [-0.39, 0.29) is 0 Å². The van der Waals surface area contributed by atoms with E-state index in [2.05, 4.69) is 9.80 Å². The summed E-state index contributed by atoms with van der Waals surface area (Å²) in [6, 6.07) is 3.92. The van der Waals surface area contributed by atoms with Crippen LogP contribution in [0.5, 0.6) is 0 Å². The number of piperazine rings is 1. The van der Waals surface area contributed by atoms with E-state index in [0.717, 1.165) is 38.5 Å². The summed E-state index contributed by atoms with van der Waals surface area (Å²) in [5.41, 5.74) is 5.41. The molecule has 0 amide bonds. The van der Waals surface area contributed by atoms with E-state index in [0.29, 0.717) is 13.1 Å². The van der Waals surface area contributed by atoms with Gasteiger partial charge in [0.05, 0.1) is 18.9 Å². The van der Waals surface area contributed by atoms with Crippen LogP contribution in [0.1, 0.15) is 5.76 Å². The molecule has 1 aromatic heterocycles. The Balaban J connectivity index is 1.71. The third kappa shape index (κ3) is 3.81. The third-order valence-corrected chi connectivity index (χ3v) is 3.17. The number of rotatable bonds is 5. The van der Waals surface area contributed by atoms with Gasteiger partial charge in [-0.25, -0.2) is 0 Å². The van der Waals surface area contributed by atoms with Crippen molar-refractivity contribution in [2.24, 2.45) is 5.73 Å². The summed E-state index contributed by atoms with van der Waals surface area (Å²) in [5, 5.41) is 9.49. The summed E-state index contributed by atoms with van der Waals surface area (Å²) < 4.78 is 5.33. The highest BCUT2D eigenvalue weighted by Gasteiger charge is 2.19. The quantitative estimate of drug-likeness (QED) is 0.739. The van der Waals surface area contributed by atoms with E-state index in [1.807, 2.05) is 12.1 Å². The van der Waals surface area contributed by atoms with Crippen LogP contribution in [0.25, 0.3) is 0 Å². The molecular weight excluding hydrogens is 218 g/mol. The van der Waals surface area contributed by atoms with Gasteiger partial charge in [0.2, 0.25) is 0 Å². The van der Waals surface area contributed by atoms with Crippen molar-refractivity contribution in [2.45, 2.75) is 12.6 Å². The van der Waals surface area contributed by atoms with Crippen molar-refractivity contribution in [3.63, 3.8) is 0 Å². The van der Waals surface area contributed by atoms with Gasteiger partial charge in [-0.3, -0.25) is 9.80 Å². The predicted octanol–water partition coefficient (Wildman–Crippen LogP) is -0.283. The van der Waals surface area contributed by atoms with E-state index in [9.17, 15) is 5.11 Å². The van der Waals surface area contributed by atoms with Crippen LogP contribution in [0.4, 0.5) is 0 Å². The molecule has 3 N–H and O–H groups in total. The highest BCUT2D eigenvalue weighted by Crippen LogP contribution is 2.09. The Morgan fingerprint density at radius 1 is 1.29 bits per heavy atom. The molecule has 1 unspecified atom stereocenters. The first kappa shape index (κ1) is 12.6. The van der Waals surface area contributed by atoms with Crippen molar-refractivity contribution in [3.8, 4) is 0 Å². The molecule has 5 nitrogen and oxygen atoms in total. The predicted molar refractivity (Wildman–Crippen MR) is 65.5 cm³/mol. The molecule has 1 atom stereocenters. The molecule has 5 heteroatoms. The fourth-order valence-corrected chi connectivity index (χ4v) is 2.13. The average Bonchev–Trinajstić information content (AvgIpc) is 2.84. The maximum Gasteiger partial charge on any atom is 0.117 e. The Kier molecular flexibility index (Phi) is 4.56. The number of furan rings is 1. The Labute approximate surface area is 102 Å². The van der Waals surface area contributed by atoms with Gasteiger partial charge in [-0.15, -0.1) is 0 Å². The second-order valence-corrected chi connectivity index (χ2v) is 4.55. The topological polar surface area (TPSA) is 65.9 Å². The maximum absolute atomic E-state index is 9.49. The molecule has 1 saturated heterocycles. The smallest absolute Gasteiger partial charge is 0.117 e. The summed E-state index contributed by atoms with van der Waals surface area (Å²) in [5.74, 6) is 1.01. The van der Waals surface area contributed by atoms with Crippen LogP contribution in [0, 0.1) is 0 Å². The van der Waals surface area contributed by atoms with E-state index in [4.69, 9.17) is 10.2 Å². The Hall–Kier alpha value is -0.880. The molecule has 96 valence electrons. The number of hydrogen-bond acceptors (Lipinski definition) is 5. The van der Waals surface area contributed by atoms with E-state index in [1.165, 1.54) is 0 Å². The van der Waals surface area contributed by atoms with Crippen LogP contribution >= 0.6 is 0 Å². The van der Waals surface area contributed by atoms with Gasteiger partial charge in [0.25, 0.3) is 0 Å². The van der Waals surface area contributed by atoms with Crippen LogP contribution in [0.15, 0.2) is 22.8 Å². The van der Waals surface area contributed by atoms with Crippen molar-refractivity contribution < 1.29 is 9.52 Å². The van der Waals surface area contributed by atoms with Crippen molar-refractivity contribution in [3.05, 3.63) is 24.2 Å². The molecule has 17 heavy (non-hydrogen) atoms. The highest BCUT2D eigenvalue weighted by molar-refractivity contribution is 4.98. The van der Waals surface area contributed by atoms with Crippen molar-refractivity contribution in [1.82, 2.24) is 9.80 Å². The second kappa shape index (κ2) is 6.16.